The average Bonchev–Trinajstić information content (AvgIpc) is 2.53. The fourth-order valence-corrected chi connectivity index (χ4v) is 2.67. The van der Waals surface area contributed by atoms with Crippen molar-refractivity contribution in [1.29, 1.82) is 0 Å². The highest BCUT2D eigenvalue weighted by Crippen LogP contribution is 2.20. The van der Waals surface area contributed by atoms with Crippen LogP contribution in [0.5, 0.6) is 0 Å². The first kappa shape index (κ1) is 17.4. The smallest absolute Gasteiger partial charge is 0.321 e. The highest BCUT2D eigenvalue weighted by atomic mass is 35.5. The predicted octanol–water partition coefficient (Wildman–Crippen LogP) is 3.70. The maximum absolute atomic E-state index is 13.7. The van der Waals surface area contributed by atoms with Crippen LogP contribution in [0.4, 0.5) is 4.39 Å². The van der Waals surface area contributed by atoms with Gasteiger partial charge in [0.05, 0.1) is 0 Å². The van der Waals surface area contributed by atoms with Crippen molar-refractivity contribution in [3.8, 4) is 0 Å². The van der Waals surface area contributed by atoms with E-state index in [-0.39, 0.29) is 5.82 Å². The lowest BCUT2D eigenvalue weighted by atomic mass is 10.1. The summed E-state index contributed by atoms with van der Waals surface area (Å²) < 4.78 is 13.7. The van der Waals surface area contributed by atoms with E-state index in [0.717, 1.165) is 5.56 Å². The van der Waals surface area contributed by atoms with Gasteiger partial charge in [-0.3, -0.25) is 4.79 Å². The molecule has 5 heteroatoms. The van der Waals surface area contributed by atoms with Crippen LogP contribution in [-0.4, -0.2) is 23.7 Å². The molecule has 2 N–H and O–H groups in total. The number of carboxylic acids is 1. The molecule has 2 rings (SSSR count). The Morgan fingerprint density at radius 3 is 2.57 bits per heavy atom. The molecule has 0 amide bonds. The first-order valence-electron chi connectivity index (χ1n) is 7.51. The average molecular weight is 336 g/mol. The summed E-state index contributed by atoms with van der Waals surface area (Å²) in [6, 6.07) is 13.4. The summed E-state index contributed by atoms with van der Waals surface area (Å²) in [5, 5.41) is 12.7. The Morgan fingerprint density at radius 1 is 1.17 bits per heavy atom. The number of halogens is 2. The van der Waals surface area contributed by atoms with E-state index in [4.69, 9.17) is 11.6 Å². The van der Waals surface area contributed by atoms with Crippen molar-refractivity contribution in [2.24, 2.45) is 0 Å². The number of hydrogen-bond acceptors (Lipinski definition) is 2. The van der Waals surface area contributed by atoms with Crippen molar-refractivity contribution < 1.29 is 14.3 Å². The molecule has 0 fully saturated rings. The minimum absolute atomic E-state index is 0.323. The van der Waals surface area contributed by atoms with Gasteiger partial charge in [-0.25, -0.2) is 4.39 Å². The van der Waals surface area contributed by atoms with E-state index < -0.39 is 12.0 Å². The van der Waals surface area contributed by atoms with Gasteiger partial charge >= 0.3 is 5.97 Å². The summed E-state index contributed by atoms with van der Waals surface area (Å²) in [6.45, 7) is 0.481. The van der Waals surface area contributed by atoms with Crippen LogP contribution in [0.3, 0.4) is 0 Å². The van der Waals surface area contributed by atoms with Crippen molar-refractivity contribution in [3.05, 3.63) is 70.5 Å². The molecular weight excluding hydrogens is 317 g/mol. The number of rotatable bonds is 8. The van der Waals surface area contributed by atoms with Gasteiger partial charge in [-0.2, -0.15) is 0 Å². The highest BCUT2D eigenvalue weighted by Gasteiger charge is 2.17. The minimum Gasteiger partial charge on any atom is -0.480 e. The molecular formula is C18H19ClFNO2. The van der Waals surface area contributed by atoms with E-state index in [0.29, 0.717) is 36.4 Å². The molecule has 0 unspecified atom stereocenters. The summed E-state index contributed by atoms with van der Waals surface area (Å²) in [5.74, 6) is -1.21. The Morgan fingerprint density at radius 2 is 1.91 bits per heavy atom. The molecule has 3 nitrogen and oxygen atoms in total. The Bertz CT molecular complexity index is 628. The number of carbonyl (C=O) groups is 1. The van der Waals surface area contributed by atoms with Gasteiger partial charge in [0.15, 0.2) is 0 Å². The van der Waals surface area contributed by atoms with Gasteiger partial charge in [0, 0.05) is 10.6 Å². The maximum atomic E-state index is 13.7. The molecule has 122 valence electrons. The largest absolute Gasteiger partial charge is 0.480 e. The second kappa shape index (κ2) is 8.65. The van der Waals surface area contributed by atoms with Crippen molar-refractivity contribution in [2.75, 3.05) is 6.54 Å². The van der Waals surface area contributed by atoms with E-state index in [9.17, 15) is 14.3 Å². The van der Waals surface area contributed by atoms with Gasteiger partial charge in [0.2, 0.25) is 0 Å². The fourth-order valence-electron chi connectivity index (χ4n) is 2.41. The lowest BCUT2D eigenvalue weighted by molar-refractivity contribution is -0.139. The standard InChI is InChI=1S/C18H19ClFNO2/c19-15-9-4-10-16(20)14(15)8-5-11-21-17(18(22)23)12-13-6-2-1-3-7-13/h1-4,6-7,9-10,17,21H,5,8,11-12H2,(H,22,23)/t17-/m1/s1. The number of aliphatic carboxylic acids is 1. The summed E-state index contributed by atoms with van der Waals surface area (Å²) in [7, 11) is 0. The molecule has 0 saturated heterocycles. The van der Waals surface area contributed by atoms with Crippen molar-refractivity contribution >= 4 is 17.6 Å². The zero-order valence-corrected chi connectivity index (χ0v) is 13.4. The molecule has 0 saturated carbocycles. The third-order valence-electron chi connectivity index (χ3n) is 3.64. The van der Waals surface area contributed by atoms with Crippen molar-refractivity contribution in [1.82, 2.24) is 5.32 Å². The topological polar surface area (TPSA) is 49.3 Å². The van der Waals surface area contributed by atoms with Gasteiger partial charge in [0.1, 0.15) is 11.9 Å². The molecule has 2 aromatic carbocycles. The van der Waals surface area contributed by atoms with E-state index in [2.05, 4.69) is 5.32 Å². The molecule has 0 aliphatic heterocycles. The van der Waals surface area contributed by atoms with Crippen LogP contribution in [0.25, 0.3) is 0 Å². The van der Waals surface area contributed by atoms with Crippen LogP contribution in [0.15, 0.2) is 48.5 Å². The molecule has 0 spiro atoms. The Kier molecular flexibility index (Phi) is 6.56. The highest BCUT2D eigenvalue weighted by molar-refractivity contribution is 6.31. The van der Waals surface area contributed by atoms with Crippen LogP contribution in [0, 0.1) is 5.82 Å². The Hall–Kier alpha value is -1.91. The lowest BCUT2D eigenvalue weighted by Crippen LogP contribution is -2.39. The molecule has 2 aromatic rings. The molecule has 0 aliphatic carbocycles. The zero-order valence-electron chi connectivity index (χ0n) is 12.6. The summed E-state index contributed by atoms with van der Waals surface area (Å²) in [6.07, 6.45) is 1.49. The van der Waals surface area contributed by atoms with Crippen LogP contribution < -0.4 is 5.32 Å². The maximum Gasteiger partial charge on any atom is 0.321 e. The Balaban J connectivity index is 1.84. The second-order valence-electron chi connectivity index (χ2n) is 5.34. The fraction of sp³-hybridized carbons (Fsp3) is 0.278. The van der Waals surface area contributed by atoms with E-state index in [1.807, 2.05) is 30.3 Å². The van der Waals surface area contributed by atoms with Gasteiger partial charge in [0.25, 0.3) is 0 Å². The molecule has 0 radical (unpaired) electrons. The third-order valence-corrected chi connectivity index (χ3v) is 3.99. The van der Waals surface area contributed by atoms with Crippen molar-refractivity contribution in [2.45, 2.75) is 25.3 Å². The first-order chi connectivity index (χ1) is 11.1. The number of hydrogen-bond donors (Lipinski definition) is 2. The quantitative estimate of drug-likeness (QED) is 0.723. The molecule has 23 heavy (non-hydrogen) atoms. The van der Waals surface area contributed by atoms with Crippen LogP contribution in [0.1, 0.15) is 17.5 Å². The number of nitrogens with one attached hydrogen (secondary N) is 1. The number of carboxylic acid groups (broad SMARTS) is 1. The monoisotopic (exact) mass is 335 g/mol. The summed E-state index contributed by atoms with van der Waals surface area (Å²) in [4.78, 5) is 11.3. The normalized spacial score (nSPS) is 12.1. The van der Waals surface area contributed by atoms with E-state index in [1.54, 1.807) is 12.1 Å². The summed E-state index contributed by atoms with van der Waals surface area (Å²) in [5.41, 5.74) is 1.44. The van der Waals surface area contributed by atoms with Crippen LogP contribution in [-0.2, 0) is 17.6 Å². The zero-order chi connectivity index (χ0) is 16.7. The third kappa shape index (κ3) is 5.34. The van der Waals surface area contributed by atoms with E-state index >= 15 is 0 Å². The van der Waals surface area contributed by atoms with Gasteiger partial charge in [-0.1, -0.05) is 48.0 Å². The van der Waals surface area contributed by atoms with Gasteiger partial charge < -0.3 is 10.4 Å². The number of benzene rings is 2. The molecule has 0 heterocycles. The van der Waals surface area contributed by atoms with E-state index in [1.165, 1.54) is 6.07 Å². The first-order valence-corrected chi connectivity index (χ1v) is 7.88. The molecule has 1 atom stereocenters. The van der Waals surface area contributed by atoms with Gasteiger partial charge in [-0.15, -0.1) is 0 Å². The Labute approximate surface area is 140 Å². The predicted molar refractivity (Wildman–Crippen MR) is 89.3 cm³/mol. The van der Waals surface area contributed by atoms with Crippen molar-refractivity contribution in [3.63, 3.8) is 0 Å². The van der Waals surface area contributed by atoms with Crippen LogP contribution >= 0.6 is 11.6 Å². The molecule has 0 aromatic heterocycles. The van der Waals surface area contributed by atoms with Gasteiger partial charge in [-0.05, 0) is 43.5 Å². The second-order valence-corrected chi connectivity index (χ2v) is 5.75. The lowest BCUT2D eigenvalue weighted by Gasteiger charge is -2.15. The minimum atomic E-state index is -0.891. The van der Waals surface area contributed by atoms with Crippen LogP contribution in [0.2, 0.25) is 5.02 Å². The molecule has 0 bridgehead atoms. The SMILES string of the molecule is O=C(O)[C@@H](Cc1ccccc1)NCCCc1c(F)cccc1Cl. The molecule has 0 aliphatic rings. The summed E-state index contributed by atoms with van der Waals surface area (Å²) >= 11 is 5.97.